The maximum absolute atomic E-state index is 2.58. The van der Waals surface area contributed by atoms with Crippen molar-refractivity contribution in [1.29, 1.82) is 0 Å². The molecule has 2 aromatic rings. The molecule has 2 heterocycles. The van der Waals surface area contributed by atoms with E-state index in [0.717, 1.165) is 0 Å². The average molecular weight is 304 g/mol. The number of nitrogens with zero attached hydrogens (tertiary/aromatic N) is 2. The zero-order chi connectivity index (χ0) is 16.4. The van der Waals surface area contributed by atoms with Crippen LogP contribution in [0.4, 0.5) is 5.69 Å². The fourth-order valence-corrected chi connectivity index (χ4v) is 4.51. The van der Waals surface area contributed by atoms with E-state index in [2.05, 4.69) is 92.9 Å². The number of rotatable bonds is 1. The van der Waals surface area contributed by atoms with Gasteiger partial charge < -0.3 is 9.80 Å². The molecule has 0 saturated heterocycles. The molecule has 2 nitrogen and oxygen atoms in total. The highest BCUT2D eigenvalue weighted by molar-refractivity contribution is 5.82. The third-order valence-electron chi connectivity index (χ3n) is 5.51. The first-order valence-electron chi connectivity index (χ1n) is 8.39. The second kappa shape index (κ2) is 4.64. The summed E-state index contributed by atoms with van der Waals surface area (Å²) in [6.45, 7) is 11.4. The third kappa shape index (κ3) is 1.75. The molecule has 0 amide bonds. The van der Waals surface area contributed by atoms with Gasteiger partial charge in [0, 0.05) is 16.9 Å². The Labute approximate surface area is 139 Å². The Hall–Kier alpha value is -2.22. The van der Waals surface area contributed by atoms with Gasteiger partial charge in [-0.2, -0.15) is 0 Å². The van der Waals surface area contributed by atoms with Crippen molar-refractivity contribution in [3.05, 3.63) is 70.9 Å². The maximum atomic E-state index is 2.58. The number of allylic oxidation sites excluding steroid dienone is 1. The fourth-order valence-electron chi connectivity index (χ4n) is 4.51. The Balaban J connectivity index is 1.95. The number of anilines is 1. The summed E-state index contributed by atoms with van der Waals surface area (Å²) in [6, 6.07) is 17.5. The predicted molar refractivity (Wildman–Crippen MR) is 97.0 cm³/mol. The van der Waals surface area contributed by atoms with Crippen molar-refractivity contribution in [3.63, 3.8) is 0 Å². The Bertz CT molecular complexity index is 816. The van der Waals surface area contributed by atoms with Crippen LogP contribution in [-0.2, 0) is 5.54 Å². The van der Waals surface area contributed by atoms with Gasteiger partial charge in [0.1, 0.15) is 6.17 Å². The molecular weight excluding hydrogens is 280 g/mol. The van der Waals surface area contributed by atoms with Crippen LogP contribution in [0.15, 0.2) is 54.2 Å². The lowest BCUT2D eigenvalue weighted by Gasteiger charge is -2.39. The van der Waals surface area contributed by atoms with Gasteiger partial charge in [0.2, 0.25) is 0 Å². The summed E-state index contributed by atoms with van der Waals surface area (Å²) in [7, 11) is 0. The molecule has 0 fully saturated rings. The van der Waals surface area contributed by atoms with Crippen LogP contribution in [0.2, 0.25) is 0 Å². The minimum Gasteiger partial charge on any atom is -0.340 e. The first kappa shape index (κ1) is 14.4. The van der Waals surface area contributed by atoms with Crippen molar-refractivity contribution < 1.29 is 0 Å². The first-order valence-corrected chi connectivity index (χ1v) is 8.39. The van der Waals surface area contributed by atoms with Crippen molar-refractivity contribution in [2.45, 2.75) is 46.3 Å². The van der Waals surface area contributed by atoms with Crippen LogP contribution in [-0.4, -0.2) is 11.1 Å². The fraction of sp³-hybridized carbons (Fsp3) is 0.333. The quantitative estimate of drug-likeness (QED) is 0.723. The number of fused-ring (bicyclic) bond motifs is 3. The average Bonchev–Trinajstić information content (AvgIpc) is 2.93. The number of hydrogen-bond donors (Lipinski definition) is 0. The van der Waals surface area contributed by atoms with Gasteiger partial charge in [-0.05, 0) is 51.8 Å². The van der Waals surface area contributed by atoms with Gasteiger partial charge in [-0.15, -0.1) is 0 Å². The summed E-state index contributed by atoms with van der Waals surface area (Å²) >= 11 is 0. The third-order valence-corrected chi connectivity index (χ3v) is 5.51. The van der Waals surface area contributed by atoms with Crippen LogP contribution in [0.3, 0.4) is 0 Å². The van der Waals surface area contributed by atoms with Crippen LogP contribution in [0, 0.1) is 6.92 Å². The standard InChI is InChI=1S/C21H24N2/c1-14-10-6-9-13-19(14)22-15(2)20-17-11-7-8-12-18(17)21(4,5)23(20)16(22)3/h6-13,16H,1-5H3. The summed E-state index contributed by atoms with van der Waals surface area (Å²) in [6.07, 6.45) is 0.313. The number of benzene rings is 2. The molecule has 0 aliphatic carbocycles. The molecule has 0 radical (unpaired) electrons. The second-order valence-corrected chi connectivity index (χ2v) is 7.20. The molecule has 1 unspecified atom stereocenters. The second-order valence-electron chi connectivity index (χ2n) is 7.20. The summed E-state index contributed by atoms with van der Waals surface area (Å²) in [5, 5.41) is 0. The van der Waals surface area contributed by atoms with E-state index in [-0.39, 0.29) is 5.54 Å². The van der Waals surface area contributed by atoms with E-state index in [4.69, 9.17) is 0 Å². The minimum absolute atomic E-state index is 0.0179. The summed E-state index contributed by atoms with van der Waals surface area (Å²) in [4.78, 5) is 5.07. The molecule has 2 aliphatic heterocycles. The summed E-state index contributed by atoms with van der Waals surface area (Å²) < 4.78 is 0. The highest BCUT2D eigenvalue weighted by atomic mass is 15.4. The largest absolute Gasteiger partial charge is 0.340 e. The highest BCUT2D eigenvalue weighted by Crippen LogP contribution is 2.53. The Morgan fingerprint density at radius 1 is 0.913 bits per heavy atom. The van der Waals surface area contributed by atoms with E-state index < -0.39 is 0 Å². The van der Waals surface area contributed by atoms with Crippen molar-refractivity contribution in [3.8, 4) is 0 Å². The van der Waals surface area contributed by atoms with E-state index in [1.165, 1.54) is 33.8 Å². The van der Waals surface area contributed by atoms with Crippen LogP contribution < -0.4 is 4.90 Å². The Kier molecular flexibility index (Phi) is 2.90. The smallest absolute Gasteiger partial charge is 0.104 e. The van der Waals surface area contributed by atoms with Gasteiger partial charge in [0.05, 0.1) is 11.2 Å². The van der Waals surface area contributed by atoms with Gasteiger partial charge in [-0.3, -0.25) is 0 Å². The molecular formula is C21H24N2. The van der Waals surface area contributed by atoms with Crippen LogP contribution >= 0.6 is 0 Å². The van der Waals surface area contributed by atoms with Crippen LogP contribution in [0.1, 0.15) is 44.4 Å². The SMILES string of the molecule is CC1=C2c3ccccc3C(C)(C)N2C(C)N1c1ccccc1C. The van der Waals surface area contributed by atoms with Gasteiger partial charge in [0.15, 0.2) is 0 Å². The lowest BCUT2D eigenvalue weighted by atomic mass is 9.93. The lowest BCUT2D eigenvalue weighted by molar-refractivity contribution is 0.181. The monoisotopic (exact) mass is 304 g/mol. The molecule has 4 rings (SSSR count). The molecule has 0 N–H and O–H groups in total. The minimum atomic E-state index is 0.0179. The summed E-state index contributed by atoms with van der Waals surface area (Å²) in [5.74, 6) is 0. The zero-order valence-corrected chi connectivity index (χ0v) is 14.6. The molecule has 2 aliphatic rings. The van der Waals surface area contributed by atoms with Crippen LogP contribution in [0.5, 0.6) is 0 Å². The topological polar surface area (TPSA) is 6.48 Å². The predicted octanol–water partition coefficient (Wildman–Crippen LogP) is 5.10. The Morgan fingerprint density at radius 3 is 2.30 bits per heavy atom. The Morgan fingerprint density at radius 2 is 1.57 bits per heavy atom. The van der Waals surface area contributed by atoms with Crippen LogP contribution in [0.25, 0.3) is 5.70 Å². The maximum Gasteiger partial charge on any atom is 0.104 e. The van der Waals surface area contributed by atoms with E-state index in [1.807, 2.05) is 0 Å². The van der Waals surface area contributed by atoms with Gasteiger partial charge in [0.25, 0.3) is 0 Å². The van der Waals surface area contributed by atoms with Crippen molar-refractivity contribution in [2.24, 2.45) is 0 Å². The summed E-state index contributed by atoms with van der Waals surface area (Å²) in [5.41, 5.74) is 8.22. The van der Waals surface area contributed by atoms with Crippen molar-refractivity contribution in [1.82, 2.24) is 4.90 Å². The van der Waals surface area contributed by atoms with E-state index in [9.17, 15) is 0 Å². The number of hydrogen-bond acceptors (Lipinski definition) is 2. The van der Waals surface area contributed by atoms with E-state index in [0.29, 0.717) is 6.17 Å². The van der Waals surface area contributed by atoms with E-state index in [1.54, 1.807) is 0 Å². The first-order chi connectivity index (χ1) is 10.9. The number of aryl methyl sites for hydroxylation is 1. The molecule has 0 saturated carbocycles. The molecule has 1 atom stereocenters. The molecule has 23 heavy (non-hydrogen) atoms. The van der Waals surface area contributed by atoms with E-state index >= 15 is 0 Å². The van der Waals surface area contributed by atoms with Gasteiger partial charge in [-0.1, -0.05) is 42.5 Å². The van der Waals surface area contributed by atoms with Gasteiger partial charge in [-0.25, -0.2) is 0 Å². The molecule has 2 aromatic carbocycles. The lowest BCUT2D eigenvalue weighted by Crippen LogP contribution is -2.45. The highest BCUT2D eigenvalue weighted by Gasteiger charge is 2.49. The molecule has 2 heteroatoms. The molecule has 0 bridgehead atoms. The zero-order valence-electron chi connectivity index (χ0n) is 14.6. The molecule has 0 spiro atoms. The number of para-hydroxylation sites is 1. The molecule has 118 valence electrons. The van der Waals surface area contributed by atoms with Crippen molar-refractivity contribution >= 4 is 11.4 Å². The van der Waals surface area contributed by atoms with Gasteiger partial charge >= 0.3 is 0 Å². The molecule has 0 aromatic heterocycles. The normalized spacial score (nSPS) is 21.7. The van der Waals surface area contributed by atoms with Crippen molar-refractivity contribution in [2.75, 3.05) is 4.90 Å².